The lowest BCUT2D eigenvalue weighted by molar-refractivity contribution is 0.0360. The molecule has 1 N–H and O–H groups in total. The molecule has 1 fully saturated rings. The molecule has 1 saturated heterocycles. The van der Waals surface area contributed by atoms with Crippen LogP contribution in [0.1, 0.15) is 5.56 Å². The second-order valence-electron chi connectivity index (χ2n) is 9.54. The summed E-state index contributed by atoms with van der Waals surface area (Å²) in [6.45, 7) is 5.55. The molecule has 0 bridgehead atoms. The van der Waals surface area contributed by atoms with Gasteiger partial charge in [0.25, 0.3) is 0 Å². The first-order chi connectivity index (χ1) is 19.0. The molecule has 3 aromatic heterocycles. The van der Waals surface area contributed by atoms with Gasteiger partial charge in [0.15, 0.2) is 0 Å². The molecule has 11 nitrogen and oxygen atoms in total. The lowest BCUT2D eigenvalue weighted by Crippen LogP contribution is -2.38. The first-order valence-electron chi connectivity index (χ1n) is 12.8. The highest BCUT2D eigenvalue weighted by molar-refractivity contribution is 7.76. The van der Waals surface area contributed by atoms with Crippen LogP contribution in [0.3, 0.4) is 0 Å². The molecule has 1 atom stereocenters. The van der Waals surface area contributed by atoms with Crippen molar-refractivity contribution in [3.05, 3.63) is 72.6 Å². The van der Waals surface area contributed by atoms with Crippen molar-refractivity contribution >= 4 is 39.3 Å². The predicted octanol–water partition coefficient (Wildman–Crippen LogP) is 3.05. The van der Waals surface area contributed by atoms with Gasteiger partial charge in [0, 0.05) is 60.3 Å². The van der Waals surface area contributed by atoms with Crippen LogP contribution in [-0.2, 0) is 29.1 Å². The number of fused-ring (bicyclic) bond motifs is 2. The zero-order chi connectivity index (χ0) is 26.8. The standard InChI is InChI=1S/C27H30N8O3S/c1-32(39(36)37)18-20-4-2-3-5-24(20)26-9-7-23-17-28-27(31-35(23)26)29-22-6-8-25-21(16-22)19-34(30-25)11-10-33-12-14-38-15-13-33/h2-9,16-17,19H,10-15,18H2,1H3,(H,29,31)(H,36,37)/p-1. The molecule has 12 heteroatoms. The van der Waals surface area contributed by atoms with E-state index in [0.717, 1.165) is 78.3 Å². The molecule has 4 heterocycles. The van der Waals surface area contributed by atoms with Crippen molar-refractivity contribution < 1.29 is 13.5 Å². The largest absolute Gasteiger partial charge is 0.760 e. The van der Waals surface area contributed by atoms with E-state index < -0.39 is 11.3 Å². The molecule has 0 spiro atoms. The zero-order valence-electron chi connectivity index (χ0n) is 21.6. The van der Waals surface area contributed by atoms with E-state index in [9.17, 15) is 8.76 Å². The number of nitrogens with zero attached hydrogens (tertiary/aromatic N) is 7. The Balaban J connectivity index is 1.22. The summed E-state index contributed by atoms with van der Waals surface area (Å²) >= 11 is -2.30. The number of benzene rings is 2. The second-order valence-corrected chi connectivity index (χ2v) is 10.6. The van der Waals surface area contributed by atoms with Crippen LogP contribution in [0.5, 0.6) is 0 Å². The van der Waals surface area contributed by atoms with Crippen LogP contribution in [-0.4, -0.2) is 82.2 Å². The minimum absolute atomic E-state index is 0.260. The molecule has 39 heavy (non-hydrogen) atoms. The number of morpholine rings is 1. The fourth-order valence-electron chi connectivity index (χ4n) is 4.83. The molecule has 0 radical (unpaired) electrons. The average Bonchev–Trinajstić information content (AvgIpc) is 3.56. The van der Waals surface area contributed by atoms with Crippen molar-refractivity contribution in [1.29, 1.82) is 0 Å². The first-order valence-corrected chi connectivity index (χ1v) is 13.8. The monoisotopic (exact) mass is 545 g/mol. The van der Waals surface area contributed by atoms with Gasteiger partial charge in [-0.05, 0) is 42.9 Å². The summed E-state index contributed by atoms with van der Waals surface area (Å²) in [5.74, 6) is 0.453. The molecule has 0 amide bonds. The fraction of sp³-hybridized carbons (Fsp3) is 0.296. The average molecular weight is 546 g/mol. The van der Waals surface area contributed by atoms with Crippen molar-refractivity contribution in [2.75, 3.05) is 45.2 Å². The van der Waals surface area contributed by atoms with Gasteiger partial charge in [0.2, 0.25) is 5.95 Å². The Morgan fingerprint density at radius 1 is 1.08 bits per heavy atom. The number of aromatic nitrogens is 5. The van der Waals surface area contributed by atoms with Gasteiger partial charge in [-0.3, -0.25) is 13.8 Å². The van der Waals surface area contributed by atoms with Gasteiger partial charge in [0.05, 0.1) is 42.7 Å². The maximum absolute atomic E-state index is 11.4. The van der Waals surface area contributed by atoms with Gasteiger partial charge < -0.3 is 14.6 Å². The highest BCUT2D eigenvalue weighted by Gasteiger charge is 2.14. The van der Waals surface area contributed by atoms with Crippen molar-refractivity contribution in [1.82, 2.24) is 33.6 Å². The Morgan fingerprint density at radius 3 is 2.77 bits per heavy atom. The van der Waals surface area contributed by atoms with Gasteiger partial charge in [-0.25, -0.2) is 13.8 Å². The van der Waals surface area contributed by atoms with Crippen LogP contribution >= 0.6 is 0 Å². The molecule has 0 saturated carbocycles. The summed E-state index contributed by atoms with van der Waals surface area (Å²) in [6.07, 6.45) is 3.83. The van der Waals surface area contributed by atoms with E-state index in [4.69, 9.17) is 14.9 Å². The Kier molecular flexibility index (Phi) is 7.35. The molecular formula is C27H29N8O3S-. The number of hydrogen-bond donors (Lipinski definition) is 1. The summed E-state index contributed by atoms with van der Waals surface area (Å²) in [6, 6.07) is 17.7. The molecule has 1 aliphatic heterocycles. The topological polar surface area (TPSA) is 116 Å². The van der Waals surface area contributed by atoms with E-state index in [0.29, 0.717) is 5.95 Å². The van der Waals surface area contributed by atoms with Gasteiger partial charge in [0.1, 0.15) is 0 Å². The molecule has 2 aromatic carbocycles. The summed E-state index contributed by atoms with van der Waals surface area (Å²) in [5.41, 5.74) is 5.28. The number of hydrogen-bond acceptors (Lipinski definition) is 8. The maximum atomic E-state index is 11.4. The summed E-state index contributed by atoms with van der Waals surface area (Å²) in [7, 11) is 1.55. The normalized spacial score (nSPS) is 15.4. The van der Waals surface area contributed by atoms with Crippen molar-refractivity contribution in [3.8, 4) is 11.3 Å². The molecule has 0 aliphatic carbocycles. The second kappa shape index (κ2) is 11.2. The molecule has 202 valence electrons. The third-order valence-electron chi connectivity index (χ3n) is 6.90. The predicted molar refractivity (Wildman–Crippen MR) is 149 cm³/mol. The number of anilines is 2. The SMILES string of the molecule is CN(Cc1ccccc1-c1ccc2cnc(Nc3ccc4nn(CCN5CCOCC5)cc4c3)nn12)S(=O)[O-]. The molecule has 5 aromatic rings. The van der Waals surface area contributed by atoms with Crippen LogP contribution < -0.4 is 5.32 Å². The molecule has 1 aliphatic rings. The number of ether oxygens (including phenoxy) is 1. The summed E-state index contributed by atoms with van der Waals surface area (Å²) < 4.78 is 33.3. The van der Waals surface area contributed by atoms with Gasteiger partial charge in [-0.2, -0.15) is 5.10 Å². The van der Waals surface area contributed by atoms with E-state index >= 15 is 0 Å². The van der Waals surface area contributed by atoms with E-state index in [1.54, 1.807) is 13.2 Å². The van der Waals surface area contributed by atoms with Gasteiger partial charge >= 0.3 is 0 Å². The Hall–Kier alpha value is -3.68. The van der Waals surface area contributed by atoms with Crippen LogP contribution in [0.2, 0.25) is 0 Å². The Labute approximate surface area is 228 Å². The molecular weight excluding hydrogens is 516 g/mol. The lowest BCUT2D eigenvalue weighted by Gasteiger charge is -2.26. The van der Waals surface area contributed by atoms with E-state index in [-0.39, 0.29) is 6.54 Å². The zero-order valence-corrected chi connectivity index (χ0v) is 22.4. The Morgan fingerprint density at radius 2 is 1.92 bits per heavy atom. The highest BCUT2D eigenvalue weighted by atomic mass is 32.2. The van der Waals surface area contributed by atoms with Gasteiger partial charge in [-0.15, -0.1) is 5.10 Å². The number of nitrogens with one attached hydrogen (secondary N) is 1. The molecule has 1 unspecified atom stereocenters. The quantitative estimate of drug-likeness (QED) is 0.281. The van der Waals surface area contributed by atoms with Crippen LogP contribution in [0.25, 0.3) is 27.7 Å². The van der Waals surface area contributed by atoms with Crippen molar-refractivity contribution in [3.63, 3.8) is 0 Å². The van der Waals surface area contributed by atoms with Crippen LogP contribution in [0.15, 0.2) is 67.0 Å². The van der Waals surface area contributed by atoms with Crippen molar-refractivity contribution in [2.45, 2.75) is 13.1 Å². The summed E-state index contributed by atoms with van der Waals surface area (Å²) in [4.78, 5) is 6.90. The van der Waals surface area contributed by atoms with Crippen LogP contribution in [0, 0.1) is 0 Å². The van der Waals surface area contributed by atoms with Crippen LogP contribution in [0.4, 0.5) is 11.6 Å². The lowest BCUT2D eigenvalue weighted by atomic mass is 10.0. The smallest absolute Gasteiger partial charge is 0.245 e. The third-order valence-corrected chi connectivity index (χ3v) is 7.53. The number of rotatable bonds is 9. The summed E-state index contributed by atoms with van der Waals surface area (Å²) in [5, 5.41) is 13.8. The van der Waals surface area contributed by atoms with E-state index in [1.807, 2.05) is 63.8 Å². The molecule has 6 rings (SSSR count). The Bertz CT molecular complexity index is 1630. The van der Waals surface area contributed by atoms with E-state index in [1.165, 1.54) is 4.31 Å². The van der Waals surface area contributed by atoms with E-state index in [2.05, 4.69) is 21.4 Å². The minimum Gasteiger partial charge on any atom is -0.760 e. The third kappa shape index (κ3) is 5.70. The van der Waals surface area contributed by atoms with Gasteiger partial charge in [-0.1, -0.05) is 24.3 Å². The maximum Gasteiger partial charge on any atom is 0.245 e. The van der Waals surface area contributed by atoms with Crippen molar-refractivity contribution in [2.24, 2.45) is 0 Å². The first kappa shape index (κ1) is 25.6. The highest BCUT2D eigenvalue weighted by Crippen LogP contribution is 2.27. The minimum atomic E-state index is -2.30. The fourth-order valence-corrected chi connectivity index (χ4v) is 5.07.